The highest BCUT2D eigenvalue weighted by Crippen LogP contribution is 2.16. The Morgan fingerprint density at radius 3 is 2.62 bits per heavy atom. The van der Waals surface area contributed by atoms with E-state index in [1.165, 1.54) is 11.1 Å². The SMILES string of the molecule is Cc1ccc(CSC2=NCC(C)N2)cc1.[Cl-]. The van der Waals surface area contributed by atoms with Gasteiger partial charge in [-0.2, -0.15) is 0 Å². The van der Waals surface area contributed by atoms with Crippen LogP contribution in [0.1, 0.15) is 18.1 Å². The molecule has 0 bridgehead atoms. The Hall–Kier alpha value is -0.670. The molecule has 0 aromatic heterocycles. The number of aliphatic imine (C=N–C) groups is 1. The zero-order valence-electron chi connectivity index (χ0n) is 9.53. The molecule has 1 aliphatic heterocycles. The monoisotopic (exact) mass is 255 g/mol. The van der Waals surface area contributed by atoms with E-state index in [2.05, 4.69) is 48.4 Å². The lowest BCUT2D eigenvalue weighted by atomic mass is 10.2. The summed E-state index contributed by atoms with van der Waals surface area (Å²) in [6.45, 7) is 5.18. The van der Waals surface area contributed by atoms with Crippen LogP contribution in [0.2, 0.25) is 0 Å². The first-order valence-corrected chi connectivity index (χ1v) is 6.22. The molecule has 0 saturated carbocycles. The minimum atomic E-state index is 0. The van der Waals surface area contributed by atoms with Gasteiger partial charge < -0.3 is 17.7 Å². The Bertz CT molecular complexity index is 362. The van der Waals surface area contributed by atoms with Gasteiger partial charge in [-0.15, -0.1) is 0 Å². The van der Waals surface area contributed by atoms with Crippen LogP contribution in [0.5, 0.6) is 0 Å². The van der Waals surface area contributed by atoms with Crippen LogP contribution >= 0.6 is 11.8 Å². The van der Waals surface area contributed by atoms with Crippen molar-refractivity contribution >= 4 is 16.9 Å². The van der Waals surface area contributed by atoms with E-state index in [0.717, 1.165) is 17.5 Å². The first-order chi connectivity index (χ1) is 7.24. The van der Waals surface area contributed by atoms with Crippen molar-refractivity contribution in [3.8, 4) is 0 Å². The average Bonchev–Trinajstić information content (AvgIpc) is 2.64. The van der Waals surface area contributed by atoms with Crippen molar-refractivity contribution in [2.45, 2.75) is 25.6 Å². The third-order valence-corrected chi connectivity index (χ3v) is 3.37. The molecule has 1 aromatic rings. The molecule has 1 heterocycles. The van der Waals surface area contributed by atoms with Gasteiger partial charge in [-0.05, 0) is 19.4 Å². The smallest absolute Gasteiger partial charge is 0.157 e. The van der Waals surface area contributed by atoms with Crippen molar-refractivity contribution < 1.29 is 12.4 Å². The summed E-state index contributed by atoms with van der Waals surface area (Å²) in [7, 11) is 0. The van der Waals surface area contributed by atoms with Crippen molar-refractivity contribution in [1.82, 2.24) is 5.32 Å². The Kier molecular flexibility index (Phi) is 5.16. The summed E-state index contributed by atoms with van der Waals surface area (Å²) in [6.07, 6.45) is 0. The lowest BCUT2D eigenvalue weighted by Crippen LogP contribution is -3.00. The van der Waals surface area contributed by atoms with Gasteiger partial charge in [-0.25, -0.2) is 0 Å². The van der Waals surface area contributed by atoms with Gasteiger partial charge in [-0.3, -0.25) is 4.99 Å². The highest BCUT2D eigenvalue weighted by molar-refractivity contribution is 8.13. The number of rotatable bonds is 2. The second-order valence-electron chi connectivity index (χ2n) is 3.97. The number of hydrogen-bond donors (Lipinski definition) is 1. The first-order valence-electron chi connectivity index (χ1n) is 5.23. The number of nitrogens with one attached hydrogen (secondary N) is 1. The molecule has 0 amide bonds. The molecule has 88 valence electrons. The fourth-order valence-electron chi connectivity index (χ4n) is 1.45. The zero-order chi connectivity index (χ0) is 10.7. The van der Waals surface area contributed by atoms with Gasteiger partial charge in [0.2, 0.25) is 0 Å². The molecule has 1 atom stereocenters. The molecule has 0 fully saturated rings. The summed E-state index contributed by atoms with van der Waals surface area (Å²) in [5.74, 6) is 0.999. The predicted molar refractivity (Wildman–Crippen MR) is 67.4 cm³/mol. The standard InChI is InChI=1S/C12H16N2S.ClH/c1-9-3-5-11(6-4-9)8-15-12-13-7-10(2)14-12;/h3-6,10H,7-8H2,1-2H3,(H,13,14);1H/p-1. The van der Waals surface area contributed by atoms with Crippen LogP contribution in [-0.2, 0) is 5.75 Å². The molecule has 2 nitrogen and oxygen atoms in total. The quantitative estimate of drug-likeness (QED) is 0.777. The van der Waals surface area contributed by atoms with E-state index in [4.69, 9.17) is 0 Å². The van der Waals surface area contributed by atoms with Crippen molar-refractivity contribution in [3.05, 3.63) is 35.4 Å². The van der Waals surface area contributed by atoms with E-state index >= 15 is 0 Å². The minimum Gasteiger partial charge on any atom is -1.00 e. The lowest BCUT2D eigenvalue weighted by molar-refractivity contribution is -0.00000328. The van der Waals surface area contributed by atoms with Crippen molar-refractivity contribution in [3.63, 3.8) is 0 Å². The Balaban J connectivity index is 0.00000128. The van der Waals surface area contributed by atoms with E-state index < -0.39 is 0 Å². The molecule has 1 unspecified atom stereocenters. The number of nitrogens with zero attached hydrogens (tertiary/aromatic N) is 1. The molecule has 0 spiro atoms. The van der Waals surface area contributed by atoms with Crippen molar-refractivity contribution in [1.29, 1.82) is 0 Å². The zero-order valence-corrected chi connectivity index (χ0v) is 11.1. The van der Waals surface area contributed by atoms with Crippen LogP contribution in [0.3, 0.4) is 0 Å². The Morgan fingerprint density at radius 1 is 1.38 bits per heavy atom. The molecule has 4 heteroatoms. The predicted octanol–water partition coefficient (Wildman–Crippen LogP) is -0.420. The summed E-state index contributed by atoms with van der Waals surface area (Å²) < 4.78 is 0. The van der Waals surface area contributed by atoms with Crippen molar-refractivity contribution in [2.75, 3.05) is 6.54 Å². The maximum atomic E-state index is 4.42. The van der Waals surface area contributed by atoms with E-state index in [1.807, 2.05) is 0 Å². The van der Waals surface area contributed by atoms with Crippen molar-refractivity contribution in [2.24, 2.45) is 4.99 Å². The van der Waals surface area contributed by atoms with Gasteiger partial charge in [0.05, 0.1) is 6.54 Å². The van der Waals surface area contributed by atoms with Gasteiger partial charge in [0.25, 0.3) is 0 Å². The third kappa shape index (κ3) is 3.72. The molecule has 2 rings (SSSR count). The number of thioether (sulfide) groups is 1. The lowest BCUT2D eigenvalue weighted by Gasteiger charge is -2.05. The highest BCUT2D eigenvalue weighted by atomic mass is 35.5. The van der Waals surface area contributed by atoms with E-state index in [-0.39, 0.29) is 12.4 Å². The molecule has 0 saturated heterocycles. The van der Waals surface area contributed by atoms with E-state index in [1.54, 1.807) is 11.8 Å². The fraction of sp³-hybridized carbons (Fsp3) is 0.417. The number of amidine groups is 1. The Morgan fingerprint density at radius 2 is 2.06 bits per heavy atom. The molecular formula is C12H16ClN2S-. The Labute approximate surface area is 107 Å². The first kappa shape index (κ1) is 13.4. The summed E-state index contributed by atoms with van der Waals surface area (Å²) in [4.78, 5) is 4.42. The largest absolute Gasteiger partial charge is 1.00 e. The summed E-state index contributed by atoms with van der Waals surface area (Å²) in [5.41, 5.74) is 2.67. The van der Waals surface area contributed by atoms with Gasteiger partial charge in [0, 0.05) is 11.8 Å². The molecule has 1 aliphatic rings. The normalized spacial score (nSPS) is 18.6. The van der Waals surface area contributed by atoms with Crippen LogP contribution < -0.4 is 17.7 Å². The topological polar surface area (TPSA) is 24.4 Å². The summed E-state index contributed by atoms with van der Waals surface area (Å²) >= 11 is 1.79. The number of aryl methyl sites for hydroxylation is 1. The van der Waals surface area contributed by atoms with Crippen LogP contribution in [0.25, 0.3) is 0 Å². The third-order valence-electron chi connectivity index (χ3n) is 2.37. The van der Waals surface area contributed by atoms with E-state index in [9.17, 15) is 0 Å². The average molecular weight is 256 g/mol. The van der Waals surface area contributed by atoms with Gasteiger partial charge in [0.1, 0.15) is 0 Å². The molecule has 1 N–H and O–H groups in total. The molecule has 0 aliphatic carbocycles. The van der Waals surface area contributed by atoms with Crippen LogP contribution in [0, 0.1) is 6.92 Å². The molecule has 16 heavy (non-hydrogen) atoms. The maximum Gasteiger partial charge on any atom is 0.157 e. The highest BCUT2D eigenvalue weighted by Gasteiger charge is 2.12. The number of halogens is 1. The summed E-state index contributed by atoms with van der Waals surface area (Å²) in [6, 6.07) is 9.18. The molecular weight excluding hydrogens is 240 g/mol. The van der Waals surface area contributed by atoms with Gasteiger partial charge in [0.15, 0.2) is 5.17 Å². The van der Waals surface area contributed by atoms with Gasteiger partial charge >= 0.3 is 0 Å². The second kappa shape index (κ2) is 6.16. The molecule has 0 radical (unpaired) electrons. The fourth-order valence-corrected chi connectivity index (χ4v) is 2.39. The van der Waals surface area contributed by atoms with Crippen LogP contribution in [0.4, 0.5) is 0 Å². The maximum absolute atomic E-state index is 4.42. The number of benzene rings is 1. The molecule has 1 aromatic carbocycles. The van der Waals surface area contributed by atoms with Crippen LogP contribution in [0.15, 0.2) is 29.3 Å². The van der Waals surface area contributed by atoms with Crippen LogP contribution in [-0.4, -0.2) is 17.8 Å². The second-order valence-corrected chi connectivity index (χ2v) is 4.93. The summed E-state index contributed by atoms with van der Waals surface area (Å²) in [5, 5.41) is 4.43. The minimum absolute atomic E-state index is 0. The van der Waals surface area contributed by atoms with Gasteiger partial charge in [-0.1, -0.05) is 41.6 Å². The number of hydrogen-bond acceptors (Lipinski definition) is 3. The van der Waals surface area contributed by atoms with E-state index in [0.29, 0.717) is 6.04 Å².